The molecule has 22 heavy (non-hydrogen) atoms. The van der Waals surface area contributed by atoms with E-state index in [9.17, 15) is 4.79 Å². The van der Waals surface area contributed by atoms with Gasteiger partial charge in [-0.3, -0.25) is 4.79 Å². The SMILES string of the molecule is O=C1CNCCCOc2cccc(c2)CCC2CCCCN12. The molecule has 2 aliphatic rings. The van der Waals surface area contributed by atoms with E-state index in [1.165, 1.54) is 12.0 Å². The van der Waals surface area contributed by atoms with E-state index in [2.05, 4.69) is 28.4 Å². The van der Waals surface area contributed by atoms with Crippen LogP contribution in [0.25, 0.3) is 0 Å². The highest BCUT2D eigenvalue weighted by Gasteiger charge is 2.26. The van der Waals surface area contributed by atoms with Crippen LogP contribution in [-0.4, -0.2) is 43.1 Å². The Labute approximate surface area is 132 Å². The van der Waals surface area contributed by atoms with Gasteiger partial charge < -0.3 is 15.0 Å². The first-order valence-corrected chi connectivity index (χ1v) is 8.55. The molecule has 1 aromatic carbocycles. The fourth-order valence-corrected chi connectivity index (χ4v) is 3.44. The van der Waals surface area contributed by atoms with Crippen molar-refractivity contribution in [3.8, 4) is 5.75 Å². The summed E-state index contributed by atoms with van der Waals surface area (Å²) in [5, 5.41) is 3.26. The summed E-state index contributed by atoms with van der Waals surface area (Å²) in [6, 6.07) is 8.80. The number of aryl methyl sites for hydroxylation is 1. The summed E-state index contributed by atoms with van der Waals surface area (Å²) in [6.07, 6.45) is 6.51. The zero-order valence-electron chi connectivity index (χ0n) is 13.2. The minimum Gasteiger partial charge on any atom is -0.494 e. The van der Waals surface area contributed by atoms with E-state index < -0.39 is 0 Å². The minimum absolute atomic E-state index is 0.261. The number of nitrogens with zero attached hydrogens (tertiary/aromatic N) is 1. The lowest BCUT2D eigenvalue weighted by atomic mass is 9.95. The molecule has 0 aromatic heterocycles. The van der Waals surface area contributed by atoms with Gasteiger partial charge in [-0.2, -0.15) is 0 Å². The number of amides is 1. The Kier molecular flexibility index (Phi) is 5.33. The maximum absolute atomic E-state index is 12.4. The van der Waals surface area contributed by atoms with Crippen LogP contribution in [0, 0.1) is 0 Å². The summed E-state index contributed by atoms with van der Waals surface area (Å²) in [5.41, 5.74) is 1.31. The van der Waals surface area contributed by atoms with Crippen molar-refractivity contribution in [3.63, 3.8) is 0 Å². The molecular formula is C18H26N2O2. The van der Waals surface area contributed by atoms with Crippen molar-refractivity contribution in [2.24, 2.45) is 0 Å². The average Bonchev–Trinajstić information content (AvgIpc) is 2.56. The number of fused-ring (bicyclic) bond motifs is 3. The molecule has 2 aliphatic heterocycles. The van der Waals surface area contributed by atoms with Crippen LogP contribution in [0.15, 0.2) is 24.3 Å². The average molecular weight is 302 g/mol. The number of carbonyl (C=O) groups is 1. The Morgan fingerprint density at radius 2 is 2.14 bits per heavy atom. The first kappa shape index (κ1) is 15.3. The molecular weight excluding hydrogens is 276 g/mol. The molecule has 1 atom stereocenters. The number of nitrogens with one attached hydrogen (secondary N) is 1. The predicted octanol–water partition coefficient (Wildman–Crippen LogP) is 2.37. The molecule has 1 amide bonds. The molecule has 1 aromatic rings. The van der Waals surface area contributed by atoms with E-state index >= 15 is 0 Å². The standard InChI is InChI=1S/C18H26N2O2/c21-18-14-19-10-4-12-22-17-7-3-5-15(13-17)8-9-16-6-1-2-11-20(16)18/h3,5,7,13,16,19H,1-2,4,6,8-12,14H2. The monoisotopic (exact) mass is 302 g/mol. The lowest BCUT2D eigenvalue weighted by molar-refractivity contribution is -0.134. The predicted molar refractivity (Wildman–Crippen MR) is 87.1 cm³/mol. The largest absolute Gasteiger partial charge is 0.494 e. The Hall–Kier alpha value is -1.55. The zero-order valence-corrected chi connectivity index (χ0v) is 13.2. The van der Waals surface area contributed by atoms with Crippen molar-refractivity contribution in [3.05, 3.63) is 29.8 Å². The van der Waals surface area contributed by atoms with Crippen LogP contribution < -0.4 is 10.1 Å². The number of rotatable bonds is 0. The molecule has 0 saturated carbocycles. The second kappa shape index (κ2) is 7.63. The smallest absolute Gasteiger partial charge is 0.236 e. The first-order valence-electron chi connectivity index (χ1n) is 8.55. The van der Waals surface area contributed by atoms with Crippen LogP contribution in [0.1, 0.15) is 37.7 Å². The van der Waals surface area contributed by atoms with Crippen LogP contribution in [0.3, 0.4) is 0 Å². The van der Waals surface area contributed by atoms with Gasteiger partial charge in [0.25, 0.3) is 0 Å². The van der Waals surface area contributed by atoms with E-state index in [1.54, 1.807) is 0 Å². The Balaban J connectivity index is 1.73. The van der Waals surface area contributed by atoms with E-state index in [4.69, 9.17) is 4.74 Å². The number of hydrogen-bond acceptors (Lipinski definition) is 3. The van der Waals surface area contributed by atoms with Crippen molar-refractivity contribution in [1.82, 2.24) is 10.2 Å². The molecule has 1 unspecified atom stereocenters. The van der Waals surface area contributed by atoms with E-state index in [1.807, 2.05) is 6.07 Å². The summed E-state index contributed by atoms with van der Waals surface area (Å²) in [7, 11) is 0. The van der Waals surface area contributed by atoms with Gasteiger partial charge in [0.15, 0.2) is 0 Å². The Bertz CT molecular complexity index is 504. The summed E-state index contributed by atoms with van der Waals surface area (Å²) in [4.78, 5) is 14.5. The third-order valence-electron chi connectivity index (χ3n) is 4.66. The Morgan fingerprint density at radius 1 is 1.18 bits per heavy atom. The van der Waals surface area contributed by atoms with Crippen molar-refractivity contribution in [1.29, 1.82) is 0 Å². The van der Waals surface area contributed by atoms with Crippen molar-refractivity contribution in [2.75, 3.05) is 26.2 Å². The maximum Gasteiger partial charge on any atom is 0.236 e. The molecule has 2 heterocycles. The van der Waals surface area contributed by atoms with Gasteiger partial charge >= 0.3 is 0 Å². The number of benzene rings is 1. The third-order valence-corrected chi connectivity index (χ3v) is 4.66. The lowest BCUT2D eigenvalue weighted by Gasteiger charge is -2.36. The van der Waals surface area contributed by atoms with Gasteiger partial charge in [-0.1, -0.05) is 12.1 Å². The van der Waals surface area contributed by atoms with Gasteiger partial charge in [0, 0.05) is 12.6 Å². The van der Waals surface area contributed by atoms with Gasteiger partial charge in [0.1, 0.15) is 5.75 Å². The molecule has 2 bridgehead atoms. The zero-order chi connectivity index (χ0) is 15.2. The summed E-state index contributed by atoms with van der Waals surface area (Å²) in [6.45, 7) is 2.90. The molecule has 1 saturated heterocycles. The lowest BCUT2D eigenvalue weighted by Crippen LogP contribution is -2.47. The quantitative estimate of drug-likeness (QED) is 0.800. The van der Waals surface area contributed by atoms with Crippen molar-refractivity contribution in [2.45, 2.75) is 44.6 Å². The highest BCUT2D eigenvalue weighted by molar-refractivity contribution is 5.78. The molecule has 0 aliphatic carbocycles. The van der Waals surface area contributed by atoms with Crippen LogP contribution in [0.2, 0.25) is 0 Å². The van der Waals surface area contributed by atoms with Gasteiger partial charge in [-0.15, -0.1) is 0 Å². The number of carbonyl (C=O) groups excluding carboxylic acids is 1. The van der Waals surface area contributed by atoms with E-state index in [-0.39, 0.29) is 5.91 Å². The van der Waals surface area contributed by atoms with Crippen LogP contribution in [-0.2, 0) is 11.2 Å². The van der Waals surface area contributed by atoms with Crippen LogP contribution in [0.5, 0.6) is 5.75 Å². The number of ether oxygens (including phenoxy) is 1. The van der Waals surface area contributed by atoms with Gasteiger partial charge in [0.05, 0.1) is 13.2 Å². The number of piperidine rings is 1. The summed E-state index contributed by atoms with van der Waals surface area (Å²) in [5.74, 6) is 1.22. The highest BCUT2D eigenvalue weighted by atomic mass is 16.5. The normalized spacial score (nSPS) is 24.1. The number of hydrogen-bond donors (Lipinski definition) is 1. The highest BCUT2D eigenvalue weighted by Crippen LogP contribution is 2.23. The molecule has 1 fully saturated rings. The second-order valence-corrected chi connectivity index (χ2v) is 6.30. The fraction of sp³-hybridized carbons (Fsp3) is 0.611. The second-order valence-electron chi connectivity index (χ2n) is 6.30. The molecule has 0 radical (unpaired) electrons. The Morgan fingerprint density at radius 3 is 3.09 bits per heavy atom. The van der Waals surface area contributed by atoms with Crippen LogP contribution >= 0.6 is 0 Å². The third kappa shape index (κ3) is 4.01. The maximum atomic E-state index is 12.4. The van der Waals surface area contributed by atoms with Gasteiger partial charge in [-0.05, 0) is 62.8 Å². The molecule has 4 heteroatoms. The first-order chi connectivity index (χ1) is 10.8. The topological polar surface area (TPSA) is 41.6 Å². The van der Waals surface area contributed by atoms with E-state index in [0.29, 0.717) is 19.2 Å². The fourth-order valence-electron chi connectivity index (χ4n) is 3.44. The molecule has 4 nitrogen and oxygen atoms in total. The van der Waals surface area contributed by atoms with Gasteiger partial charge in [0.2, 0.25) is 5.91 Å². The van der Waals surface area contributed by atoms with Crippen LogP contribution in [0.4, 0.5) is 0 Å². The summed E-state index contributed by atoms with van der Waals surface area (Å²) < 4.78 is 5.79. The summed E-state index contributed by atoms with van der Waals surface area (Å²) >= 11 is 0. The molecule has 1 N–H and O–H groups in total. The molecule has 3 rings (SSSR count). The van der Waals surface area contributed by atoms with Crippen molar-refractivity contribution >= 4 is 5.91 Å². The van der Waals surface area contributed by atoms with E-state index in [0.717, 1.165) is 50.9 Å². The molecule has 0 spiro atoms. The molecule has 120 valence electrons. The van der Waals surface area contributed by atoms with Crippen molar-refractivity contribution < 1.29 is 9.53 Å². The van der Waals surface area contributed by atoms with Gasteiger partial charge in [-0.25, -0.2) is 0 Å². The minimum atomic E-state index is 0.261.